The number of ether oxygens (including phenoxy) is 2. The van der Waals surface area contributed by atoms with Gasteiger partial charge in [-0.3, -0.25) is 4.79 Å². The highest BCUT2D eigenvalue weighted by molar-refractivity contribution is 5.91. The summed E-state index contributed by atoms with van der Waals surface area (Å²) in [7, 11) is 1.59. The van der Waals surface area contributed by atoms with Crippen LogP contribution in [0.3, 0.4) is 0 Å². The van der Waals surface area contributed by atoms with Crippen LogP contribution < -0.4 is 19.7 Å². The van der Waals surface area contributed by atoms with Crippen molar-refractivity contribution in [1.29, 1.82) is 0 Å². The molecule has 1 saturated heterocycles. The number of rotatable bonds is 9. The van der Waals surface area contributed by atoms with Gasteiger partial charge in [-0.05, 0) is 68.2 Å². The fourth-order valence-electron chi connectivity index (χ4n) is 3.98. The number of anilines is 1. The summed E-state index contributed by atoms with van der Waals surface area (Å²) in [6, 6.07) is 14.0. The Morgan fingerprint density at radius 3 is 2.56 bits per heavy atom. The normalized spacial score (nSPS) is 13.4. The highest BCUT2D eigenvalue weighted by Gasteiger charge is 2.13. The molecule has 4 rings (SSSR count). The Hall–Kier alpha value is -3.74. The summed E-state index contributed by atoms with van der Waals surface area (Å²) >= 11 is 0. The van der Waals surface area contributed by atoms with Crippen LogP contribution in [0.25, 0.3) is 6.08 Å². The van der Waals surface area contributed by atoms with Crippen molar-refractivity contribution in [3.63, 3.8) is 0 Å². The molecule has 0 radical (unpaired) electrons. The molecule has 2 heterocycles. The van der Waals surface area contributed by atoms with Crippen LogP contribution in [-0.4, -0.2) is 31.3 Å². The van der Waals surface area contributed by atoms with E-state index in [1.54, 1.807) is 13.2 Å². The third-order valence-electron chi connectivity index (χ3n) is 6.04. The van der Waals surface area contributed by atoms with Crippen molar-refractivity contribution in [2.24, 2.45) is 0 Å². The molecule has 178 valence electrons. The largest absolute Gasteiger partial charge is 0.493 e. The zero-order chi connectivity index (χ0) is 23.9. The van der Waals surface area contributed by atoms with Crippen LogP contribution in [0.4, 0.5) is 5.69 Å². The molecule has 34 heavy (non-hydrogen) atoms. The average Bonchev–Trinajstić information content (AvgIpc) is 3.51. The molecule has 0 atom stereocenters. The molecule has 0 saturated carbocycles. The molecule has 1 fully saturated rings. The van der Waals surface area contributed by atoms with Gasteiger partial charge in [-0.15, -0.1) is 0 Å². The third kappa shape index (κ3) is 5.78. The molecular formula is C27H31N3O4. The number of carbonyl (C=O) groups excluding carboxylic acids is 1. The average molecular weight is 462 g/mol. The molecule has 0 bridgehead atoms. The Balaban J connectivity index is 1.30. The lowest BCUT2D eigenvalue weighted by atomic mass is 10.1. The number of aryl methyl sites for hydroxylation is 2. The molecule has 0 unspecified atom stereocenters. The predicted octanol–water partition coefficient (Wildman–Crippen LogP) is 4.81. The molecule has 3 aromatic rings. The summed E-state index contributed by atoms with van der Waals surface area (Å²) < 4.78 is 16.6. The Morgan fingerprint density at radius 1 is 1.12 bits per heavy atom. The van der Waals surface area contributed by atoms with E-state index in [1.807, 2.05) is 32.0 Å². The molecule has 1 aromatic heterocycles. The summed E-state index contributed by atoms with van der Waals surface area (Å²) in [6.45, 7) is 6.82. The van der Waals surface area contributed by atoms with Crippen molar-refractivity contribution in [3.05, 3.63) is 76.7 Å². The summed E-state index contributed by atoms with van der Waals surface area (Å²) in [5.41, 5.74) is 4.90. The third-order valence-corrected chi connectivity index (χ3v) is 6.04. The standard InChI is InChI=1S/C27H31N3O4/c1-19-24(20(2)34-29-19)18-33-25-12-8-21(16-26(25)32-3)9-13-27(31)28-17-22-6-10-23(11-7-22)30-14-4-5-15-30/h6-13,16H,4-5,14-15,17-18H2,1-3H3,(H,28,31)/b13-9+. The number of benzene rings is 2. The first kappa shape index (κ1) is 23.4. The summed E-state index contributed by atoms with van der Waals surface area (Å²) in [5, 5.41) is 6.88. The van der Waals surface area contributed by atoms with Crippen LogP contribution >= 0.6 is 0 Å². The molecule has 1 amide bonds. The Morgan fingerprint density at radius 2 is 1.88 bits per heavy atom. The second-order valence-electron chi connectivity index (χ2n) is 8.41. The van der Waals surface area contributed by atoms with Gasteiger partial charge in [0, 0.05) is 31.4 Å². The maximum Gasteiger partial charge on any atom is 0.244 e. The van der Waals surface area contributed by atoms with Gasteiger partial charge in [-0.2, -0.15) is 0 Å². The van der Waals surface area contributed by atoms with Crippen LogP contribution in [0.15, 0.2) is 53.1 Å². The first-order chi connectivity index (χ1) is 16.5. The van der Waals surface area contributed by atoms with Crippen molar-refractivity contribution in [2.75, 3.05) is 25.1 Å². The van der Waals surface area contributed by atoms with Crippen molar-refractivity contribution >= 4 is 17.7 Å². The van der Waals surface area contributed by atoms with E-state index in [4.69, 9.17) is 14.0 Å². The maximum atomic E-state index is 12.3. The highest BCUT2D eigenvalue weighted by Crippen LogP contribution is 2.30. The van der Waals surface area contributed by atoms with E-state index in [9.17, 15) is 4.79 Å². The minimum Gasteiger partial charge on any atom is -0.493 e. The van der Waals surface area contributed by atoms with E-state index in [1.165, 1.54) is 24.6 Å². The molecule has 1 N–H and O–H groups in total. The second-order valence-corrected chi connectivity index (χ2v) is 8.41. The first-order valence-corrected chi connectivity index (χ1v) is 11.6. The van der Waals surface area contributed by atoms with Gasteiger partial charge in [-0.25, -0.2) is 0 Å². The zero-order valence-electron chi connectivity index (χ0n) is 20.0. The van der Waals surface area contributed by atoms with Gasteiger partial charge < -0.3 is 24.2 Å². The lowest BCUT2D eigenvalue weighted by molar-refractivity contribution is -0.116. The van der Waals surface area contributed by atoms with Gasteiger partial charge in [0.05, 0.1) is 18.4 Å². The van der Waals surface area contributed by atoms with E-state index in [0.29, 0.717) is 24.7 Å². The van der Waals surface area contributed by atoms with Gasteiger partial charge >= 0.3 is 0 Å². The molecule has 2 aromatic carbocycles. The van der Waals surface area contributed by atoms with Crippen molar-refractivity contribution in [2.45, 2.75) is 39.8 Å². The number of methoxy groups -OCH3 is 1. The quantitative estimate of drug-likeness (QED) is 0.461. The monoisotopic (exact) mass is 461 g/mol. The van der Waals surface area contributed by atoms with Crippen LogP contribution in [0, 0.1) is 13.8 Å². The van der Waals surface area contributed by atoms with Crippen LogP contribution in [-0.2, 0) is 17.9 Å². The minimum atomic E-state index is -0.152. The lowest BCUT2D eigenvalue weighted by Crippen LogP contribution is -2.20. The number of carbonyl (C=O) groups is 1. The fraction of sp³-hybridized carbons (Fsp3) is 0.333. The molecule has 1 aliphatic heterocycles. The van der Waals surface area contributed by atoms with Crippen LogP contribution in [0.5, 0.6) is 11.5 Å². The van der Waals surface area contributed by atoms with Gasteiger partial charge in [-0.1, -0.05) is 23.4 Å². The number of amides is 1. The number of hydrogen-bond acceptors (Lipinski definition) is 6. The topological polar surface area (TPSA) is 76.8 Å². The predicted molar refractivity (Wildman–Crippen MR) is 132 cm³/mol. The van der Waals surface area contributed by atoms with Gasteiger partial charge in [0.15, 0.2) is 11.5 Å². The van der Waals surface area contributed by atoms with Crippen LogP contribution in [0.1, 0.15) is 41.0 Å². The molecule has 7 heteroatoms. The summed E-state index contributed by atoms with van der Waals surface area (Å²) in [6.07, 6.45) is 5.80. The number of hydrogen-bond donors (Lipinski definition) is 1. The van der Waals surface area contributed by atoms with Crippen molar-refractivity contribution < 1.29 is 18.8 Å². The Bertz CT molecular complexity index is 1130. The summed E-state index contributed by atoms with van der Waals surface area (Å²) in [5.74, 6) is 1.79. The number of aromatic nitrogens is 1. The van der Waals surface area contributed by atoms with Crippen LogP contribution in [0.2, 0.25) is 0 Å². The molecule has 7 nitrogen and oxygen atoms in total. The second kappa shape index (κ2) is 10.9. The number of nitrogens with zero attached hydrogens (tertiary/aromatic N) is 2. The van der Waals surface area contributed by atoms with Gasteiger partial charge in [0.1, 0.15) is 12.4 Å². The SMILES string of the molecule is COc1cc(/C=C/C(=O)NCc2ccc(N3CCCC3)cc2)ccc1OCc1c(C)noc1C. The highest BCUT2D eigenvalue weighted by atomic mass is 16.5. The Labute approximate surface area is 200 Å². The molecule has 0 spiro atoms. The van der Waals surface area contributed by atoms with E-state index in [-0.39, 0.29) is 5.91 Å². The first-order valence-electron chi connectivity index (χ1n) is 11.6. The smallest absolute Gasteiger partial charge is 0.244 e. The van der Waals surface area contributed by atoms with E-state index < -0.39 is 0 Å². The van der Waals surface area contributed by atoms with Crippen molar-refractivity contribution in [1.82, 2.24) is 10.5 Å². The lowest BCUT2D eigenvalue weighted by Gasteiger charge is -2.17. The number of nitrogens with one attached hydrogen (secondary N) is 1. The van der Waals surface area contributed by atoms with Gasteiger partial charge in [0.25, 0.3) is 0 Å². The minimum absolute atomic E-state index is 0.152. The van der Waals surface area contributed by atoms with Crippen molar-refractivity contribution in [3.8, 4) is 11.5 Å². The maximum absolute atomic E-state index is 12.3. The fourth-order valence-corrected chi connectivity index (χ4v) is 3.98. The molecule has 0 aliphatic carbocycles. The zero-order valence-corrected chi connectivity index (χ0v) is 20.0. The molecular weight excluding hydrogens is 430 g/mol. The summed E-state index contributed by atoms with van der Waals surface area (Å²) in [4.78, 5) is 14.7. The van der Waals surface area contributed by atoms with E-state index >= 15 is 0 Å². The van der Waals surface area contributed by atoms with Gasteiger partial charge in [0.2, 0.25) is 5.91 Å². The van der Waals surface area contributed by atoms with E-state index in [0.717, 1.165) is 41.2 Å². The molecule has 1 aliphatic rings. The Kier molecular flexibility index (Phi) is 7.52. The van der Waals surface area contributed by atoms with E-state index in [2.05, 4.69) is 39.6 Å².